The lowest BCUT2D eigenvalue weighted by Crippen LogP contribution is -2.44. The molecular weight excluding hydrogens is 308 g/mol. The number of carbonyl (C=O) groups excluding carboxylic acids is 2. The molecule has 0 saturated carbocycles. The summed E-state index contributed by atoms with van der Waals surface area (Å²) in [6.07, 6.45) is 4.14. The minimum absolute atomic E-state index is 0.00306. The van der Waals surface area contributed by atoms with Crippen LogP contribution in [0.3, 0.4) is 0 Å². The van der Waals surface area contributed by atoms with Crippen LogP contribution in [0.25, 0.3) is 0 Å². The Morgan fingerprint density at radius 3 is 2.05 bits per heavy atom. The number of halogens is 1. The first-order chi connectivity index (χ1) is 8.82. The minimum atomic E-state index is -0.770. The van der Waals surface area contributed by atoms with Crippen molar-refractivity contribution in [2.75, 3.05) is 11.9 Å². The number of nitrogens with zero attached hydrogens (tertiary/aromatic N) is 1. The molecule has 0 aromatic rings. The number of nitrogens with one attached hydrogen (secondary N) is 1. The molecule has 19 heavy (non-hydrogen) atoms. The lowest BCUT2D eigenvalue weighted by molar-refractivity contribution is -0.131. The quantitative estimate of drug-likeness (QED) is 0.574. The van der Waals surface area contributed by atoms with Crippen LogP contribution < -0.4 is 5.32 Å². The van der Waals surface area contributed by atoms with Crippen molar-refractivity contribution >= 4 is 27.9 Å². The van der Waals surface area contributed by atoms with Gasteiger partial charge >= 0.3 is 6.03 Å². The molecule has 1 aliphatic heterocycles. The normalized spacial score (nSPS) is 18.9. The maximum atomic E-state index is 12.3. The number of hydrogen-bond acceptors (Lipinski definition) is 2. The Balaban J connectivity index is 2.90. The molecule has 1 saturated heterocycles. The van der Waals surface area contributed by atoms with Crippen molar-refractivity contribution in [3.8, 4) is 0 Å². The molecule has 1 fully saturated rings. The van der Waals surface area contributed by atoms with Crippen LogP contribution in [0.2, 0.25) is 0 Å². The van der Waals surface area contributed by atoms with Gasteiger partial charge in [-0.1, -0.05) is 42.6 Å². The van der Waals surface area contributed by atoms with Crippen LogP contribution in [-0.2, 0) is 4.79 Å². The summed E-state index contributed by atoms with van der Waals surface area (Å²) in [6.45, 7) is 8.30. The number of rotatable bonds is 7. The summed E-state index contributed by atoms with van der Waals surface area (Å²) >= 11 is 3.58. The van der Waals surface area contributed by atoms with Crippen molar-refractivity contribution in [1.29, 1.82) is 0 Å². The molecule has 0 aliphatic carbocycles. The van der Waals surface area contributed by atoms with Gasteiger partial charge in [-0.2, -0.15) is 0 Å². The number of carbonyl (C=O) groups is 2. The molecule has 5 heteroatoms. The Hall–Kier alpha value is -0.580. The highest BCUT2D eigenvalue weighted by Crippen LogP contribution is 2.34. The summed E-state index contributed by atoms with van der Waals surface area (Å²) in [4.78, 5) is 25.6. The first kappa shape index (κ1) is 16.5. The summed E-state index contributed by atoms with van der Waals surface area (Å²) in [5.74, 6) is -0.116. The second kappa shape index (κ2) is 6.25. The van der Waals surface area contributed by atoms with E-state index >= 15 is 0 Å². The molecule has 0 bridgehead atoms. The Morgan fingerprint density at radius 1 is 1.21 bits per heavy atom. The molecule has 1 heterocycles. The van der Waals surface area contributed by atoms with Gasteiger partial charge < -0.3 is 5.32 Å². The first-order valence-electron chi connectivity index (χ1n) is 7.02. The third-order valence-corrected chi connectivity index (χ3v) is 4.97. The molecule has 0 aromatic heterocycles. The molecule has 0 aromatic carbocycles. The highest BCUT2D eigenvalue weighted by molar-refractivity contribution is 9.09. The van der Waals surface area contributed by atoms with Crippen molar-refractivity contribution in [2.45, 2.75) is 58.9 Å². The smallest absolute Gasteiger partial charge is 0.324 e. The molecule has 4 nitrogen and oxygen atoms in total. The highest BCUT2D eigenvalue weighted by atomic mass is 79.9. The van der Waals surface area contributed by atoms with Crippen LogP contribution in [0.4, 0.5) is 4.79 Å². The third-order valence-electron chi connectivity index (χ3n) is 3.78. The molecular formula is C14H25BrN2O2. The summed E-state index contributed by atoms with van der Waals surface area (Å²) < 4.78 is 0. The van der Waals surface area contributed by atoms with E-state index in [0.717, 1.165) is 31.0 Å². The van der Waals surface area contributed by atoms with Gasteiger partial charge in [0.25, 0.3) is 5.91 Å². The lowest BCUT2D eigenvalue weighted by Gasteiger charge is -2.34. The molecule has 3 amide bonds. The van der Waals surface area contributed by atoms with Gasteiger partial charge in [0, 0.05) is 11.9 Å². The van der Waals surface area contributed by atoms with Crippen molar-refractivity contribution in [3.05, 3.63) is 0 Å². The van der Waals surface area contributed by atoms with Gasteiger partial charge in [0.15, 0.2) is 0 Å². The Kier molecular flexibility index (Phi) is 5.42. The Morgan fingerprint density at radius 2 is 1.74 bits per heavy atom. The first-order valence-corrected chi connectivity index (χ1v) is 8.14. The van der Waals surface area contributed by atoms with Gasteiger partial charge in [-0.05, 0) is 32.1 Å². The fourth-order valence-corrected chi connectivity index (χ4v) is 3.55. The minimum Gasteiger partial charge on any atom is -0.324 e. The molecule has 1 aliphatic rings. The van der Waals surface area contributed by atoms with Crippen LogP contribution in [0.5, 0.6) is 0 Å². The molecule has 0 unspecified atom stereocenters. The lowest BCUT2D eigenvalue weighted by atomic mass is 9.80. The number of urea groups is 1. The van der Waals surface area contributed by atoms with Gasteiger partial charge in [-0.25, -0.2) is 4.79 Å². The monoisotopic (exact) mass is 332 g/mol. The average molecular weight is 333 g/mol. The van der Waals surface area contributed by atoms with E-state index in [1.54, 1.807) is 13.8 Å². The van der Waals surface area contributed by atoms with Gasteiger partial charge in [0.05, 0.1) is 0 Å². The molecule has 110 valence electrons. The third kappa shape index (κ3) is 3.50. The van der Waals surface area contributed by atoms with E-state index in [9.17, 15) is 9.59 Å². The topological polar surface area (TPSA) is 49.4 Å². The highest BCUT2D eigenvalue weighted by Gasteiger charge is 2.46. The van der Waals surface area contributed by atoms with E-state index in [1.165, 1.54) is 4.90 Å². The zero-order valence-corrected chi connectivity index (χ0v) is 14.0. The van der Waals surface area contributed by atoms with Crippen LogP contribution in [0, 0.1) is 5.41 Å². The van der Waals surface area contributed by atoms with E-state index < -0.39 is 5.54 Å². The van der Waals surface area contributed by atoms with Gasteiger partial charge in [-0.15, -0.1) is 0 Å². The Bertz CT molecular complexity index is 349. The zero-order valence-electron chi connectivity index (χ0n) is 12.4. The van der Waals surface area contributed by atoms with Crippen LogP contribution in [-0.4, -0.2) is 34.3 Å². The van der Waals surface area contributed by atoms with Gasteiger partial charge in [-0.3, -0.25) is 9.69 Å². The molecule has 0 radical (unpaired) electrons. The second-order valence-corrected chi connectivity index (χ2v) is 6.64. The number of alkyl halides is 1. The maximum absolute atomic E-state index is 12.3. The summed E-state index contributed by atoms with van der Waals surface area (Å²) in [6, 6.07) is -0.257. The fourth-order valence-electron chi connectivity index (χ4n) is 2.82. The standard InChI is InChI=1S/C14H25BrN2O2/c1-5-7-14(9-15,8-6-2)10-17-11(18)13(3,4)16-12(17)19/h5-10H2,1-4H3,(H,16,19). The summed E-state index contributed by atoms with van der Waals surface area (Å²) in [5, 5.41) is 3.56. The van der Waals surface area contributed by atoms with E-state index in [2.05, 4.69) is 35.1 Å². The van der Waals surface area contributed by atoms with Gasteiger partial charge in [0.2, 0.25) is 0 Å². The average Bonchev–Trinajstić information content (AvgIpc) is 2.52. The maximum Gasteiger partial charge on any atom is 0.325 e. The number of amides is 3. The summed E-state index contributed by atoms with van der Waals surface area (Å²) in [5.41, 5.74) is -0.773. The zero-order chi connectivity index (χ0) is 14.7. The SMILES string of the molecule is CCCC(CBr)(CCC)CN1C(=O)NC(C)(C)C1=O. The van der Waals surface area contributed by atoms with Crippen LogP contribution in [0.15, 0.2) is 0 Å². The number of hydrogen-bond donors (Lipinski definition) is 1. The second-order valence-electron chi connectivity index (χ2n) is 6.08. The predicted molar refractivity (Wildman–Crippen MR) is 80.4 cm³/mol. The molecule has 0 atom stereocenters. The fraction of sp³-hybridized carbons (Fsp3) is 0.857. The predicted octanol–water partition coefficient (Wildman–Crippen LogP) is 3.30. The van der Waals surface area contributed by atoms with Crippen molar-refractivity contribution in [3.63, 3.8) is 0 Å². The van der Waals surface area contributed by atoms with Crippen LogP contribution in [0.1, 0.15) is 53.4 Å². The Labute approximate surface area is 124 Å². The van der Waals surface area contributed by atoms with E-state index in [-0.39, 0.29) is 17.4 Å². The van der Waals surface area contributed by atoms with Crippen molar-refractivity contribution < 1.29 is 9.59 Å². The van der Waals surface area contributed by atoms with E-state index in [0.29, 0.717) is 6.54 Å². The largest absolute Gasteiger partial charge is 0.325 e. The van der Waals surface area contributed by atoms with E-state index in [1.807, 2.05) is 0 Å². The summed E-state index contributed by atoms with van der Waals surface area (Å²) in [7, 11) is 0. The van der Waals surface area contributed by atoms with Crippen LogP contribution >= 0.6 is 15.9 Å². The van der Waals surface area contributed by atoms with E-state index in [4.69, 9.17) is 0 Å². The molecule has 1 rings (SSSR count). The van der Waals surface area contributed by atoms with Gasteiger partial charge in [0.1, 0.15) is 5.54 Å². The molecule has 1 N–H and O–H groups in total. The van der Waals surface area contributed by atoms with Crippen molar-refractivity contribution in [1.82, 2.24) is 10.2 Å². The molecule has 0 spiro atoms. The van der Waals surface area contributed by atoms with Crippen molar-refractivity contribution in [2.24, 2.45) is 5.41 Å². The number of imide groups is 1.